The van der Waals surface area contributed by atoms with E-state index in [1.165, 1.54) is 11.3 Å². The topological polar surface area (TPSA) is 99.3 Å². The fourth-order valence-corrected chi connectivity index (χ4v) is 2.99. The van der Waals surface area contributed by atoms with Gasteiger partial charge in [0.15, 0.2) is 0 Å². The second-order valence-corrected chi connectivity index (χ2v) is 6.06. The maximum absolute atomic E-state index is 11.8. The van der Waals surface area contributed by atoms with E-state index in [1.54, 1.807) is 0 Å². The van der Waals surface area contributed by atoms with Crippen LogP contribution in [0.3, 0.4) is 0 Å². The van der Waals surface area contributed by atoms with Crippen LogP contribution in [0.5, 0.6) is 0 Å². The molecule has 0 aliphatic rings. The smallest absolute Gasteiger partial charge is 0.352 e. The number of hydrogen-bond acceptors (Lipinski definition) is 4. The molecule has 0 bridgehead atoms. The minimum atomic E-state index is -3.69. The van der Waals surface area contributed by atoms with Gasteiger partial charge in [0.2, 0.25) is 10.0 Å². The van der Waals surface area contributed by atoms with E-state index in [0.717, 1.165) is 17.8 Å². The number of rotatable bonds is 5. The zero-order chi connectivity index (χ0) is 13.2. The minimum Gasteiger partial charge on any atom is -0.477 e. The molecule has 0 spiro atoms. The highest BCUT2D eigenvalue weighted by atomic mass is 32.2. The monoisotopic (exact) mass is 286 g/mol. The van der Waals surface area contributed by atoms with Gasteiger partial charge in [0.25, 0.3) is 0 Å². The van der Waals surface area contributed by atoms with Crippen LogP contribution in [-0.2, 0) is 16.6 Å². The van der Waals surface area contributed by atoms with Crippen molar-refractivity contribution < 1.29 is 18.3 Å². The lowest BCUT2D eigenvalue weighted by Crippen LogP contribution is -2.22. The van der Waals surface area contributed by atoms with Crippen LogP contribution in [0.25, 0.3) is 0 Å². The fraction of sp³-hybridized carbons (Fsp3) is 0.100. The lowest BCUT2D eigenvalue weighted by Gasteiger charge is -2.02. The molecule has 0 amide bonds. The highest BCUT2D eigenvalue weighted by Crippen LogP contribution is 2.12. The first-order valence-corrected chi connectivity index (χ1v) is 7.34. The minimum absolute atomic E-state index is 0.0878. The predicted octanol–water partition coefficient (Wildman–Crippen LogP) is 1.25. The van der Waals surface area contributed by atoms with Gasteiger partial charge in [-0.25, -0.2) is 17.9 Å². The van der Waals surface area contributed by atoms with Crippen molar-refractivity contribution in [2.75, 3.05) is 0 Å². The SMILES string of the molecule is O=C(O)c1cc(S(=O)(=O)NCc2ccsc2)c[nH]1. The lowest BCUT2D eigenvalue weighted by molar-refractivity contribution is 0.0691. The summed E-state index contributed by atoms with van der Waals surface area (Å²) in [6.45, 7) is 0.180. The molecular formula is C10H10N2O4S2. The Hall–Kier alpha value is -1.64. The molecule has 2 rings (SSSR count). The summed E-state index contributed by atoms with van der Waals surface area (Å²) in [5.41, 5.74) is 0.698. The van der Waals surface area contributed by atoms with Gasteiger partial charge in [-0.05, 0) is 28.5 Å². The number of aromatic amines is 1. The Labute approximate surface area is 107 Å². The molecule has 0 aromatic carbocycles. The Morgan fingerprint density at radius 1 is 1.50 bits per heavy atom. The van der Waals surface area contributed by atoms with Crippen LogP contribution in [0, 0.1) is 0 Å². The molecule has 0 aliphatic heterocycles. The van der Waals surface area contributed by atoms with Crippen LogP contribution in [0.4, 0.5) is 0 Å². The Kier molecular flexibility index (Phi) is 3.50. The first-order valence-electron chi connectivity index (χ1n) is 4.91. The average molecular weight is 286 g/mol. The zero-order valence-electron chi connectivity index (χ0n) is 9.08. The number of sulfonamides is 1. The molecule has 0 atom stereocenters. The van der Waals surface area contributed by atoms with Crippen LogP contribution in [0.15, 0.2) is 34.0 Å². The highest BCUT2D eigenvalue weighted by Gasteiger charge is 2.17. The molecule has 0 unspecified atom stereocenters. The van der Waals surface area contributed by atoms with Crippen LogP contribution < -0.4 is 4.72 Å². The molecule has 0 saturated heterocycles. The van der Waals surface area contributed by atoms with Gasteiger partial charge >= 0.3 is 5.97 Å². The maximum Gasteiger partial charge on any atom is 0.352 e. The van der Waals surface area contributed by atoms with Gasteiger partial charge in [0, 0.05) is 12.7 Å². The number of carboxylic acids is 1. The summed E-state index contributed by atoms with van der Waals surface area (Å²) < 4.78 is 26.1. The quantitative estimate of drug-likeness (QED) is 0.770. The highest BCUT2D eigenvalue weighted by molar-refractivity contribution is 7.89. The van der Waals surface area contributed by atoms with Crippen molar-refractivity contribution in [3.8, 4) is 0 Å². The van der Waals surface area contributed by atoms with E-state index in [1.807, 2.05) is 16.8 Å². The number of aromatic nitrogens is 1. The molecular weight excluding hydrogens is 276 g/mol. The summed E-state index contributed by atoms with van der Waals surface area (Å²) in [6, 6.07) is 2.89. The summed E-state index contributed by atoms with van der Waals surface area (Å²) in [5, 5.41) is 12.4. The van der Waals surface area contributed by atoms with Crippen LogP contribution in [0.2, 0.25) is 0 Å². The third kappa shape index (κ3) is 2.78. The Morgan fingerprint density at radius 3 is 2.83 bits per heavy atom. The fourth-order valence-electron chi connectivity index (χ4n) is 1.31. The van der Waals surface area contributed by atoms with Gasteiger partial charge in [0.1, 0.15) is 10.6 Å². The summed E-state index contributed by atoms with van der Waals surface area (Å²) in [7, 11) is -3.69. The molecule has 2 aromatic rings. The summed E-state index contributed by atoms with van der Waals surface area (Å²) >= 11 is 1.48. The third-order valence-corrected chi connectivity index (χ3v) is 4.36. The van der Waals surface area contributed by atoms with Gasteiger partial charge in [0.05, 0.1) is 0 Å². The molecule has 8 heteroatoms. The van der Waals surface area contributed by atoms with E-state index in [2.05, 4.69) is 9.71 Å². The third-order valence-electron chi connectivity index (χ3n) is 2.24. The molecule has 0 radical (unpaired) electrons. The van der Waals surface area contributed by atoms with E-state index >= 15 is 0 Å². The average Bonchev–Trinajstić information content (AvgIpc) is 2.98. The van der Waals surface area contributed by atoms with Crippen molar-refractivity contribution in [1.82, 2.24) is 9.71 Å². The molecule has 0 fully saturated rings. The number of H-pyrrole nitrogens is 1. The van der Waals surface area contributed by atoms with E-state index in [-0.39, 0.29) is 17.1 Å². The summed E-state index contributed by atoms with van der Waals surface area (Å²) in [4.78, 5) is 12.9. The summed E-state index contributed by atoms with van der Waals surface area (Å²) in [6.07, 6.45) is 1.15. The van der Waals surface area contributed by atoms with Crippen LogP contribution >= 0.6 is 11.3 Å². The van der Waals surface area contributed by atoms with Crippen molar-refractivity contribution in [3.63, 3.8) is 0 Å². The Morgan fingerprint density at radius 2 is 2.28 bits per heavy atom. The van der Waals surface area contributed by atoms with Gasteiger partial charge in [-0.15, -0.1) is 0 Å². The van der Waals surface area contributed by atoms with Crippen molar-refractivity contribution in [2.24, 2.45) is 0 Å². The van der Waals surface area contributed by atoms with Crippen molar-refractivity contribution in [2.45, 2.75) is 11.4 Å². The van der Waals surface area contributed by atoms with E-state index in [0.29, 0.717) is 0 Å². The molecule has 6 nitrogen and oxygen atoms in total. The second-order valence-electron chi connectivity index (χ2n) is 3.51. The number of carboxylic acid groups (broad SMARTS) is 1. The van der Waals surface area contributed by atoms with Gasteiger partial charge in [-0.3, -0.25) is 0 Å². The molecule has 3 N–H and O–H groups in total. The summed E-state index contributed by atoms with van der Waals surface area (Å²) in [5.74, 6) is -1.20. The van der Waals surface area contributed by atoms with Crippen LogP contribution in [0.1, 0.15) is 16.1 Å². The van der Waals surface area contributed by atoms with E-state index < -0.39 is 16.0 Å². The molecule has 2 heterocycles. The Balaban J connectivity index is 2.12. The second kappa shape index (κ2) is 4.92. The normalized spacial score (nSPS) is 11.6. The molecule has 96 valence electrons. The first kappa shape index (κ1) is 12.8. The van der Waals surface area contributed by atoms with Crippen molar-refractivity contribution in [1.29, 1.82) is 0 Å². The van der Waals surface area contributed by atoms with Gasteiger partial charge < -0.3 is 10.1 Å². The van der Waals surface area contributed by atoms with Gasteiger partial charge in [-0.1, -0.05) is 0 Å². The molecule has 18 heavy (non-hydrogen) atoms. The number of hydrogen-bond donors (Lipinski definition) is 3. The molecule has 2 aromatic heterocycles. The predicted molar refractivity (Wildman–Crippen MR) is 66.1 cm³/mol. The number of thiophene rings is 1. The van der Waals surface area contributed by atoms with E-state index in [9.17, 15) is 13.2 Å². The number of nitrogens with one attached hydrogen (secondary N) is 2. The Bertz CT molecular complexity index is 643. The van der Waals surface area contributed by atoms with Crippen molar-refractivity contribution >= 4 is 27.3 Å². The molecule has 0 saturated carbocycles. The van der Waals surface area contributed by atoms with E-state index in [4.69, 9.17) is 5.11 Å². The lowest BCUT2D eigenvalue weighted by atomic mass is 10.4. The van der Waals surface area contributed by atoms with Crippen molar-refractivity contribution in [3.05, 3.63) is 40.3 Å². The van der Waals surface area contributed by atoms with Crippen LogP contribution in [-0.4, -0.2) is 24.5 Å². The largest absolute Gasteiger partial charge is 0.477 e. The first-order chi connectivity index (χ1) is 8.49. The van der Waals surface area contributed by atoms with Gasteiger partial charge in [-0.2, -0.15) is 11.3 Å². The number of aromatic carboxylic acids is 1. The standard InChI is InChI=1S/C10H10N2O4S2/c13-10(14)9-3-8(5-11-9)18(15,16)12-4-7-1-2-17-6-7/h1-3,5-6,11-12H,4H2,(H,13,14). The molecule has 0 aliphatic carbocycles. The number of carbonyl (C=O) groups is 1. The zero-order valence-corrected chi connectivity index (χ0v) is 10.7. The maximum atomic E-state index is 11.8.